The second-order valence-corrected chi connectivity index (χ2v) is 3.73. The molecule has 70 valence electrons. The van der Waals surface area contributed by atoms with E-state index in [9.17, 15) is 4.39 Å². The van der Waals surface area contributed by atoms with Crippen LogP contribution in [-0.2, 0) is 6.42 Å². The predicted octanol–water partition coefficient (Wildman–Crippen LogP) is 2.04. The summed E-state index contributed by atoms with van der Waals surface area (Å²) < 4.78 is 13.1. The normalized spacial score (nSPS) is 21.2. The van der Waals surface area contributed by atoms with Gasteiger partial charge in [0.05, 0.1) is 0 Å². The van der Waals surface area contributed by atoms with Crippen molar-refractivity contribution in [2.24, 2.45) is 0 Å². The van der Waals surface area contributed by atoms with Crippen molar-refractivity contribution >= 4 is 0 Å². The number of hydrogen-bond donors (Lipinski definition) is 1. The summed E-state index contributed by atoms with van der Waals surface area (Å²) in [5.41, 5.74) is 1.82. The maximum atomic E-state index is 13.1. The van der Waals surface area contributed by atoms with E-state index in [1.807, 2.05) is 12.1 Å². The predicted molar refractivity (Wildman–Crippen MR) is 51.2 cm³/mol. The molecule has 0 aliphatic carbocycles. The van der Waals surface area contributed by atoms with E-state index >= 15 is 0 Å². The quantitative estimate of drug-likeness (QED) is 0.732. The van der Waals surface area contributed by atoms with E-state index in [2.05, 4.69) is 5.32 Å². The number of rotatable bonds is 2. The minimum atomic E-state index is -0.0863. The zero-order valence-electron chi connectivity index (χ0n) is 7.81. The van der Waals surface area contributed by atoms with E-state index in [0.29, 0.717) is 6.04 Å². The van der Waals surface area contributed by atoms with Gasteiger partial charge in [-0.05, 0) is 43.5 Å². The summed E-state index contributed by atoms with van der Waals surface area (Å²) in [7, 11) is 0. The minimum Gasteiger partial charge on any atom is -0.314 e. The van der Waals surface area contributed by atoms with E-state index in [-0.39, 0.29) is 5.82 Å². The van der Waals surface area contributed by atoms with Crippen LogP contribution in [0.15, 0.2) is 18.2 Å². The van der Waals surface area contributed by atoms with Gasteiger partial charge in [-0.1, -0.05) is 12.1 Å². The number of benzene rings is 1. The van der Waals surface area contributed by atoms with E-state index in [1.165, 1.54) is 6.42 Å². The van der Waals surface area contributed by atoms with Crippen LogP contribution in [0.25, 0.3) is 0 Å². The molecule has 13 heavy (non-hydrogen) atoms. The maximum absolute atomic E-state index is 13.1. The van der Waals surface area contributed by atoms with Crippen LogP contribution in [0, 0.1) is 12.7 Å². The van der Waals surface area contributed by atoms with Gasteiger partial charge in [0.1, 0.15) is 5.82 Å². The SMILES string of the molecule is Cc1ccc(C[C@@H]2CCN2)cc1F. The van der Waals surface area contributed by atoms with Crippen molar-refractivity contribution in [1.82, 2.24) is 5.32 Å². The molecule has 0 aromatic heterocycles. The van der Waals surface area contributed by atoms with E-state index in [4.69, 9.17) is 0 Å². The smallest absolute Gasteiger partial charge is 0.126 e. The number of hydrogen-bond acceptors (Lipinski definition) is 1. The third kappa shape index (κ3) is 1.89. The highest BCUT2D eigenvalue weighted by Gasteiger charge is 2.16. The van der Waals surface area contributed by atoms with Gasteiger partial charge in [0, 0.05) is 6.04 Å². The largest absolute Gasteiger partial charge is 0.314 e. The Morgan fingerprint density at radius 1 is 1.54 bits per heavy atom. The first kappa shape index (κ1) is 8.70. The fourth-order valence-electron chi connectivity index (χ4n) is 1.57. The van der Waals surface area contributed by atoms with Crippen LogP contribution in [-0.4, -0.2) is 12.6 Å². The summed E-state index contributed by atoms with van der Waals surface area (Å²) in [6, 6.07) is 6.08. The Hall–Kier alpha value is -0.890. The molecule has 1 saturated heterocycles. The Morgan fingerprint density at radius 2 is 2.31 bits per heavy atom. The van der Waals surface area contributed by atoms with Gasteiger partial charge in [-0.15, -0.1) is 0 Å². The average molecular weight is 179 g/mol. The van der Waals surface area contributed by atoms with Gasteiger partial charge in [-0.3, -0.25) is 0 Å². The molecule has 1 aromatic carbocycles. The molecule has 1 aromatic rings. The first-order valence-electron chi connectivity index (χ1n) is 4.74. The molecule has 0 spiro atoms. The third-order valence-corrected chi connectivity index (χ3v) is 2.64. The molecule has 1 atom stereocenters. The number of nitrogens with one attached hydrogen (secondary N) is 1. The topological polar surface area (TPSA) is 12.0 Å². The second kappa shape index (κ2) is 3.46. The van der Waals surface area contributed by atoms with Crippen LogP contribution in [0.4, 0.5) is 4.39 Å². The second-order valence-electron chi connectivity index (χ2n) is 3.73. The molecule has 1 aliphatic heterocycles. The Balaban J connectivity index is 2.07. The summed E-state index contributed by atoms with van der Waals surface area (Å²) in [5.74, 6) is -0.0863. The molecule has 0 amide bonds. The van der Waals surface area contributed by atoms with E-state index < -0.39 is 0 Å². The summed E-state index contributed by atoms with van der Waals surface area (Å²) in [5, 5.41) is 3.31. The zero-order valence-corrected chi connectivity index (χ0v) is 7.81. The van der Waals surface area contributed by atoms with Crippen LogP contribution < -0.4 is 5.32 Å². The van der Waals surface area contributed by atoms with E-state index in [0.717, 1.165) is 24.1 Å². The third-order valence-electron chi connectivity index (χ3n) is 2.64. The lowest BCUT2D eigenvalue weighted by molar-refractivity contribution is 0.369. The molecule has 2 heteroatoms. The molecule has 0 bridgehead atoms. The number of aryl methyl sites for hydroxylation is 1. The van der Waals surface area contributed by atoms with Crippen molar-refractivity contribution in [3.8, 4) is 0 Å². The summed E-state index contributed by atoms with van der Waals surface area (Å²) in [6.07, 6.45) is 2.17. The fraction of sp³-hybridized carbons (Fsp3) is 0.455. The van der Waals surface area contributed by atoms with Gasteiger partial charge in [0.15, 0.2) is 0 Å². The van der Waals surface area contributed by atoms with Crippen LogP contribution in [0.1, 0.15) is 17.5 Å². The minimum absolute atomic E-state index is 0.0863. The fourth-order valence-corrected chi connectivity index (χ4v) is 1.57. The molecule has 1 N–H and O–H groups in total. The molecular formula is C11H14FN. The van der Waals surface area contributed by atoms with Crippen LogP contribution in [0.2, 0.25) is 0 Å². The summed E-state index contributed by atoms with van der Waals surface area (Å²) in [6.45, 7) is 2.90. The molecule has 1 fully saturated rings. The Labute approximate surface area is 78.0 Å². The number of halogens is 1. The molecule has 0 saturated carbocycles. The highest BCUT2D eigenvalue weighted by Crippen LogP contribution is 2.14. The van der Waals surface area contributed by atoms with Crippen LogP contribution >= 0.6 is 0 Å². The zero-order chi connectivity index (χ0) is 9.26. The first-order valence-corrected chi connectivity index (χ1v) is 4.74. The molecule has 1 aliphatic rings. The van der Waals surface area contributed by atoms with Gasteiger partial charge in [0.25, 0.3) is 0 Å². The lowest BCUT2D eigenvalue weighted by atomic mass is 9.97. The summed E-state index contributed by atoms with van der Waals surface area (Å²) >= 11 is 0. The van der Waals surface area contributed by atoms with Crippen LogP contribution in [0.3, 0.4) is 0 Å². The molecule has 0 unspecified atom stereocenters. The molecule has 0 radical (unpaired) electrons. The van der Waals surface area contributed by atoms with Gasteiger partial charge in [-0.25, -0.2) is 4.39 Å². The summed E-state index contributed by atoms with van der Waals surface area (Å²) in [4.78, 5) is 0. The molecule has 2 rings (SSSR count). The van der Waals surface area contributed by atoms with Crippen molar-refractivity contribution in [1.29, 1.82) is 0 Å². The Bertz CT molecular complexity index is 305. The van der Waals surface area contributed by atoms with Crippen molar-refractivity contribution in [2.45, 2.75) is 25.8 Å². The Kier molecular flexibility index (Phi) is 2.32. The van der Waals surface area contributed by atoms with Gasteiger partial charge in [-0.2, -0.15) is 0 Å². The Morgan fingerprint density at radius 3 is 2.85 bits per heavy atom. The van der Waals surface area contributed by atoms with E-state index in [1.54, 1.807) is 13.0 Å². The van der Waals surface area contributed by atoms with Crippen LogP contribution in [0.5, 0.6) is 0 Å². The monoisotopic (exact) mass is 179 g/mol. The van der Waals surface area contributed by atoms with Crippen molar-refractivity contribution in [2.75, 3.05) is 6.54 Å². The van der Waals surface area contributed by atoms with Crippen molar-refractivity contribution < 1.29 is 4.39 Å². The highest BCUT2D eigenvalue weighted by molar-refractivity contribution is 5.24. The molecule has 1 nitrogen and oxygen atoms in total. The first-order chi connectivity index (χ1) is 6.25. The van der Waals surface area contributed by atoms with Crippen molar-refractivity contribution in [3.05, 3.63) is 35.1 Å². The molecular weight excluding hydrogens is 165 g/mol. The lowest BCUT2D eigenvalue weighted by Gasteiger charge is -2.27. The standard InChI is InChI=1S/C11H14FN/c1-8-2-3-9(7-11(8)12)6-10-4-5-13-10/h2-3,7,10,13H,4-6H2,1H3/t10-/m0/s1. The van der Waals surface area contributed by atoms with Gasteiger partial charge >= 0.3 is 0 Å². The van der Waals surface area contributed by atoms with Crippen molar-refractivity contribution in [3.63, 3.8) is 0 Å². The molecule has 1 heterocycles. The maximum Gasteiger partial charge on any atom is 0.126 e. The van der Waals surface area contributed by atoms with Gasteiger partial charge in [0.2, 0.25) is 0 Å². The average Bonchev–Trinajstić information content (AvgIpc) is 2.04. The highest BCUT2D eigenvalue weighted by atomic mass is 19.1. The lowest BCUT2D eigenvalue weighted by Crippen LogP contribution is -2.44. The van der Waals surface area contributed by atoms with Gasteiger partial charge < -0.3 is 5.32 Å².